The molecule has 1 aliphatic rings. The van der Waals surface area contributed by atoms with Crippen molar-refractivity contribution in [3.63, 3.8) is 0 Å². The van der Waals surface area contributed by atoms with Crippen molar-refractivity contribution in [1.82, 2.24) is 9.88 Å². The summed E-state index contributed by atoms with van der Waals surface area (Å²) in [6, 6.07) is 8.54. The molecule has 0 saturated carbocycles. The van der Waals surface area contributed by atoms with Crippen molar-refractivity contribution in [2.75, 3.05) is 25.0 Å². The van der Waals surface area contributed by atoms with Gasteiger partial charge in [-0.15, -0.1) is 11.3 Å². The number of thiazole rings is 1. The molecule has 0 atom stereocenters. The zero-order chi connectivity index (χ0) is 15.2. The Bertz CT molecular complexity index is 565. The number of nitrogens with zero attached hydrogens (tertiary/aromatic N) is 2. The van der Waals surface area contributed by atoms with Gasteiger partial charge in [-0.1, -0.05) is 18.2 Å². The van der Waals surface area contributed by atoms with Crippen molar-refractivity contribution in [1.29, 1.82) is 0 Å². The zero-order valence-electron chi connectivity index (χ0n) is 12.7. The van der Waals surface area contributed by atoms with E-state index in [2.05, 4.69) is 39.5 Å². The first-order valence-electron chi connectivity index (χ1n) is 7.87. The number of likely N-dealkylation sites (tertiary alicyclic amines) is 1. The van der Waals surface area contributed by atoms with E-state index in [1.165, 1.54) is 16.1 Å². The molecule has 0 spiro atoms. The van der Waals surface area contributed by atoms with Crippen molar-refractivity contribution in [3.05, 3.63) is 46.4 Å². The van der Waals surface area contributed by atoms with Crippen LogP contribution in [0.4, 0.5) is 5.69 Å². The predicted octanol–water partition coefficient (Wildman–Crippen LogP) is 2.96. The molecule has 0 unspecified atom stereocenters. The van der Waals surface area contributed by atoms with Gasteiger partial charge in [-0.3, -0.25) is 9.88 Å². The Kier molecular flexibility index (Phi) is 5.43. The first kappa shape index (κ1) is 15.5. The van der Waals surface area contributed by atoms with Crippen LogP contribution in [-0.2, 0) is 13.1 Å². The molecule has 2 aromatic rings. The highest BCUT2D eigenvalue weighted by atomic mass is 32.1. The molecule has 0 bridgehead atoms. The molecular formula is C17H23N3OS. The number of benzene rings is 1. The fraction of sp³-hybridized carbons (Fsp3) is 0.471. The number of anilines is 1. The van der Waals surface area contributed by atoms with Crippen molar-refractivity contribution < 1.29 is 5.11 Å². The average Bonchev–Trinajstić information content (AvgIpc) is 3.08. The minimum Gasteiger partial charge on any atom is -0.396 e. The molecule has 22 heavy (non-hydrogen) atoms. The fourth-order valence-electron chi connectivity index (χ4n) is 2.91. The number of para-hydroxylation sites is 1. The van der Waals surface area contributed by atoms with Gasteiger partial charge in [0.05, 0.1) is 12.1 Å². The minimum atomic E-state index is 0.334. The van der Waals surface area contributed by atoms with Gasteiger partial charge in [0.25, 0.3) is 0 Å². The maximum atomic E-state index is 9.24. The van der Waals surface area contributed by atoms with Crippen LogP contribution < -0.4 is 5.32 Å². The molecule has 1 aliphatic heterocycles. The fourth-order valence-corrected chi connectivity index (χ4v) is 3.44. The third-order valence-corrected chi connectivity index (χ3v) is 5.09. The Morgan fingerprint density at radius 1 is 1.27 bits per heavy atom. The number of nitrogens with one attached hydrogen (secondary N) is 1. The van der Waals surface area contributed by atoms with E-state index in [4.69, 9.17) is 0 Å². The van der Waals surface area contributed by atoms with Crippen LogP contribution in [0.2, 0.25) is 0 Å². The number of aromatic nitrogens is 1. The van der Waals surface area contributed by atoms with E-state index >= 15 is 0 Å². The number of aliphatic hydroxyl groups is 1. The molecule has 0 amide bonds. The largest absolute Gasteiger partial charge is 0.396 e. The third-order valence-electron chi connectivity index (χ3n) is 4.31. The van der Waals surface area contributed by atoms with Crippen LogP contribution in [0, 0.1) is 5.92 Å². The Morgan fingerprint density at radius 3 is 2.82 bits per heavy atom. The second kappa shape index (κ2) is 7.72. The summed E-state index contributed by atoms with van der Waals surface area (Å²) in [7, 11) is 0. The highest BCUT2D eigenvalue weighted by Gasteiger charge is 2.19. The van der Waals surface area contributed by atoms with Crippen LogP contribution in [0.5, 0.6) is 0 Å². The molecule has 0 radical (unpaired) electrons. The van der Waals surface area contributed by atoms with Gasteiger partial charge >= 0.3 is 0 Å². The van der Waals surface area contributed by atoms with Crippen LogP contribution in [0.1, 0.15) is 23.3 Å². The van der Waals surface area contributed by atoms with E-state index < -0.39 is 0 Å². The van der Waals surface area contributed by atoms with Gasteiger partial charge in [0, 0.05) is 29.9 Å². The maximum absolute atomic E-state index is 9.24. The summed E-state index contributed by atoms with van der Waals surface area (Å²) in [5.74, 6) is 0.496. The van der Waals surface area contributed by atoms with Crippen LogP contribution >= 0.6 is 11.3 Å². The molecule has 1 aromatic carbocycles. The van der Waals surface area contributed by atoms with E-state index in [-0.39, 0.29) is 0 Å². The summed E-state index contributed by atoms with van der Waals surface area (Å²) in [5.41, 5.74) is 4.42. The Balaban J connectivity index is 1.59. The Hall–Kier alpha value is -1.43. The Labute approximate surface area is 135 Å². The third kappa shape index (κ3) is 4.06. The highest BCUT2D eigenvalue weighted by Crippen LogP contribution is 2.22. The molecule has 118 valence electrons. The minimum absolute atomic E-state index is 0.334. The lowest BCUT2D eigenvalue weighted by Gasteiger charge is -2.31. The quantitative estimate of drug-likeness (QED) is 0.860. The summed E-state index contributed by atoms with van der Waals surface area (Å²) in [5, 5.41) is 12.8. The standard InChI is InChI=1S/C17H23N3OS/c21-12-14-5-7-20(8-6-14)11-15-3-1-2-4-17(15)19-10-16-9-18-13-22-16/h1-4,9,13-14,19,21H,5-8,10-12H2. The van der Waals surface area contributed by atoms with Crippen molar-refractivity contribution in [3.8, 4) is 0 Å². The molecule has 5 heteroatoms. The summed E-state index contributed by atoms with van der Waals surface area (Å²) >= 11 is 1.68. The monoisotopic (exact) mass is 317 g/mol. The zero-order valence-corrected chi connectivity index (χ0v) is 13.6. The number of aliphatic hydroxyl groups excluding tert-OH is 1. The van der Waals surface area contributed by atoms with E-state index in [0.29, 0.717) is 12.5 Å². The van der Waals surface area contributed by atoms with Gasteiger partial charge in [-0.25, -0.2) is 0 Å². The van der Waals surface area contributed by atoms with Crippen LogP contribution in [0.3, 0.4) is 0 Å². The van der Waals surface area contributed by atoms with E-state index in [9.17, 15) is 5.11 Å². The summed E-state index contributed by atoms with van der Waals surface area (Å²) < 4.78 is 0. The smallest absolute Gasteiger partial charge is 0.0794 e. The average molecular weight is 317 g/mol. The SMILES string of the molecule is OCC1CCN(Cc2ccccc2NCc2cncs2)CC1. The number of hydrogen-bond donors (Lipinski definition) is 2. The van der Waals surface area contributed by atoms with Gasteiger partial charge in [0.1, 0.15) is 0 Å². The van der Waals surface area contributed by atoms with Gasteiger partial charge in [-0.2, -0.15) is 0 Å². The molecule has 0 aliphatic carbocycles. The van der Waals surface area contributed by atoms with Gasteiger partial charge < -0.3 is 10.4 Å². The molecular weight excluding hydrogens is 294 g/mol. The number of hydrogen-bond acceptors (Lipinski definition) is 5. The molecule has 1 fully saturated rings. The lowest BCUT2D eigenvalue weighted by Crippen LogP contribution is -2.34. The van der Waals surface area contributed by atoms with Gasteiger partial charge in [0.15, 0.2) is 0 Å². The number of rotatable bonds is 6. The molecule has 3 rings (SSSR count). The first-order chi connectivity index (χ1) is 10.8. The molecule has 4 nitrogen and oxygen atoms in total. The first-order valence-corrected chi connectivity index (χ1v) is 8.75. The van der Waals surface area contributed by atoms with E-state index in [1.807, 2.05) is 11.7 Å². The molecule has 2 heterocycles. The second-order valence-corrected chi connectivity index (χ2v) is 6.85. The summed E-state index contributed by atoms with van der Waals surface area (Å²) in [6.45, 7) is 4.29. The van der Waals surface area contributed by atoms with Gasteiger partial charge in [-0.05, 0) is 43.5 Å². The molecule has 1 aromatic heterocycles. The number of piperidine rings is 1. The second-order valence-electron chi connectivity index (χ2n) is 5.88. The molecule has 1 saturated heterocycles. The van der Waals surface area contributed by atoms with E-state index in [0.717, 1.165) is 39.0 Å². The highest BCUT2D eigenvalue weighted by molar-refractivity contribution is 7.09. The van der Waals surface area contributed by atoms with Crippen molar-refractivity contribution >= 4 is 17.0 Å². The van der Waals surface area contributed by atoms with Crippen LogP contribution in [-0.4, -0.2) is 34.7 Å². The lowest BCUT2D eigenvalue weighted by molar-refractivity contribution is 0.127. The Morgan fingerprint density at radius 2 is 2.09 bits per heavy atom. The van der Waals surface area contributed by atoms with Crippen molar-refractivity contribution in [2.45, 2.75) is 25.9 Å². The normalized spacial score (nSPS) is 16.8. The predicted molar refractivity (Wildman–Crippen MR) is 91.0 cm³/mol. The maximum Gasteiger partial charge on any atom is 0.0794 e. The van der Waals surface area contributed by atoms with Crippen LogP contribution in [0.25, 0.3) is 0 Å². The van der Waals surface area contributed by atoms with E-state index in [1.54, 1.807) is 11.3 Å². The van der Waals surface area contributed by atoms with Gasteiger partial charge in [0.2, 0.25) is 0 Å². The summed E-state index contributed by atoms with van der Waals surface area (Å²) in [4.78, 5) is 7.85. The van der Waals surface area contributed by atoms with Crippen LogP contribution in [0.15, 0.2) is 36.0 Å². The molecule has 2 N–H and O–H groups in total. The summed E-state index contributed by atoms with van der Waals surface area (Å²) in [6.07, 6.45) is 4.12. The van der Waals surface area contributed by atoms with Crippen molar-refractivity contribution in [2.24, 2.45) is 5.92 Å². The lowest BCUT2D eigenvalue weighted by atomic mass is 9.97. The topological polar surface area (TPSA) is 48.4 Å².